The van der Waals surface area contributed by atoms with Crippen LogP contribution in [-0.2, 0) is 21.2 Å². The number of nitrogens with one attached hydrogen (secondary N) is 3. The lowest BCUT2D eigenvalue weighted by molar-refractivity contribution is -0.121. The van der Waals surface area contributed by atoms with Gasteiger partial charge in [0.2, 0.25) is 5.91 Å². The molecule has 0 saturated carbocycles. The number of carbonyl (C=O) groups excluding carboxylic acids is 1. The lowest BCUT2D eigenvalue weighted by Crippen LogP contribution is -2.40. The SMILES string of the molecule is CN=C(NCCC(=O)NC1CCS(=O)(=O)C1)NCc1ccsc1.I. The van der Waals surface area contributed by atoms with E-state index in [0.29, 0.717) is 25.5 Å². The average molecular weight is 486 g/mol. The van der Waals surface area contributed by atoms with E-state index in [4.69, 9.17) is 0 Å². The number of nitrogens with zero attached hydrogens (tertiary/aromatic N) is 1. The predicted octanol–water partition coefficient (Wildman–Crippen LogP) is 0.725. The van der Waals surface area contributed by atoms with Crippen molar-refractivity contribution < 1.29 is 13.2 Å². The molecule has 2 rings (SSSR count). The van der Waals surface area contributed by atoms with Gasteiger partial charge in [0.15, 0.2) is 15.8 Å². The standard InChI is InChI=1S/C14H22N4O3S2.HI/c1-15-14(17-8-11-3-6-22-9-11)16-5-2-13(19)18-12-4-7-23(20,21)10-12;/h3,6,9,12H,2,4-5,7-8,10H2,1H3,(H,18,19)(H2,15,16,17);1H. The number of hydrogen-bond acceptors (Lipinski definition) is 5. The van der Waals surface area contributed by atoms with Crippen LogP contribution < -0.4 is 16.0 Å². The highest BCUT2D eigenvalue weighted by Crippen LogP contribution is 2.11. The van der Waals surface area contributed by atoms with Crippen LogP contribution in [0.1, 0.15) is 18.4 Å². The number of thiophene rings is 1. The summed E-state index contributed by atoms with van der Waals surface area (Å²) in [4.78, 5) is 15.9. The van der Waals surface area contributed by atoms with Crippen LogP contribution in [0.2, 0.25) is 0 Å². The smallest absolute Gasteiger partial charge is 0.222 e. The molecule has 24 heavy (non-hydrogen) atoms. The first kappa shape index (κ1) is 21.2. The topological polar surface area (TPSA) is 99.7 Å². The Hall–Kier alpha value is -0.880. The normalized spacial score (nSPS) is 19.4. The maximum absolute atomic E-state index is 11.8. The summed E-state index contributed by atoms with van der Waals surface area (Å²) in [6.45, 7) is 1.11. The predicted molar refractivity (Wildman–Crippen MR) is 108 cm³/mol. The number of sulfone groups is 1. The van der Waals surface area contributed by atoms with Crippen molar-refractivity contribution in [3.63, 3.8) is 0 Å². The Balaban J connectivity index is 0.00000288. The number of hydrogen-bond donors (Lipinski definition) is 3. The number of carbonyl (C=O) groups is 1. The first-order valence-electron chi connectivity index (χ1n) is 7.44. The quantitative estimate of drug-likeness (QED) is 0.313. The molecule has 0 aromatic carbocycles. The van der Waals surface area contributed by atoms with Crippen molar-refractivity contribution in [2.75, 3.05) is 25.1 Å². The maximum atomic E-state index is 11.8. The van der Waals surface area contributed by atoms with Gasteiger partial charge in [-0.25, -0.2) is 8.42 Å². The van der Waals surface area contributed by atoms with E-state index in [1.165, 1.54) is 5.56 Å². The molecule has 1 unspecified atom stereocenters. The molecule has 0 bridgehead atoms. The highest BCUT2D eigenvalue weighted by atomic mass is 127. The van der Waals surface area contributed by atoms with Crippen molar-refractivity contribution in [3.05, 3.63) is 22.4 Å². The van der Waals surface area contributed by atoms with Crippen molar-refractivity contribution >= 4 is 57.0 Å². The van der Waals surface area contributed by atoms with E-state index in [2.05, 4.69) is 26.3 Å². The highest BCUT2D eigenvalue weighted by Gasteiger charge is 2.28. The van der Waals surface area contributed by atoms with Crippen LogP contribution in [-0.4, -0.2) is 51.4 Å². The van der Waals surface area contributed by atoms with Crippen molar-refractivity contribution in [3.8, 4) is 0 Å². The van der Waals surface area contributed by atoms with Gasteiger partial charge >= 0.3 is 0 Å². The maximum Gasteiger partial charge on any atom is 0.222 e. The van der Waals surface area contributed by atoms with Crippen LogP contribution in [0.15, 0.2) is 21.8 Å². The van der Waals surface area contributed by atoms with Crippen LogP contribution in [0.5, 0.6) is 0 Å². The monoisotopic (exact) mass is 486 g/mol. The zero-order valence-electron chi connectivity index (χ0n) is 13.4. The van der Waals surface area contributed by atoms with Gasteiger partial charge in [-0.15, -0.1) is 24.0 Å². The summed E-state index contributed by atoms with van der Waals surface area (Å²) in [5.74, 6) is 0.700. The van der Waals surface area contributed by atoms with Crippen LogP contribution in [0.25, 0.3) is 0 Å². The van der Waals surface area contributed by atoms with Crippen molar-refractivity contribution in [1.82, 2.24) is 16.0 Å². The molecule has 1 saturated heterocycles. The van der Waals surface area contributed by atoms with E-state index in [-0.39, 0.29) is 53.9 Å². The van der Waals surface area contributed by atoms with Crippen LogP contribution in [0, 0.1) is 0 Å². The van der Waals surface area contributed by atoms with E-state index < -0.39 is 9.84 Å². The second-order valence-electron chi connectivity index (χ2n) is 5.40. The molecule has 1 fully saturated rings. The van der Waals surface area contributed by atoms with Gasteiger partial charge in [0.25, 0.3) is 0 Å². The van der Waals surface area contributed by atoms with Crippen LogP contribution in [0.4, 0.5) is 0 Å². The minimum Gasteiger partial charge on any atom is -0.356 e. The Morgan fingerprint density at radius 1 is 1.42 bits per heavy atom. The molecule has 2 heterocycles. The average Bonchev–Trinajstić information content (AvgIpc) is 3.12. The fourth-order valence-corrected chi connectivity index (χ4v) is 4.64. The summed E-state index contributed by atoms with van der Waals surface area (Å²) < 4.78 is 22.7. The molecule has 0 spiro atoms. The lowest BCUT2D eigenvalue weighted by atomic mass is 10.2. The molecule has 1 aliphatic rings. The Labute approximate surface area is 163 Å². The van der Waals surface area contributed by atoms with E-state index in [1.54, 1.807) is 18.4 Å². The minimum atomic E-state index is -2.97. The zero-order chi connectivity index (χ0) is 16.7. The fourth-order valence-electron chi connectivity index (χ4n) is 2.30. The van der Waals surface area contributed by atoms with Gasteiger partial charge in [-0.1, -0.05) is 0 Å². The zero-order valence-corrected chi connectivity index (χ0v) is 17.4. The third-order valence-corrected chi connectivity index (χ3v) is 6.01. The molecule has 10 heteroatoms. The number of guanidine groups is 1. The van der Waals surface area contributed by atoms with Gasteiger partial charge in [0.1, 0.15) is 0 Å². The Morgan fingerprint density at radius 2 is 2.21 bits per heavy atom. The van der Waals surface area contributed by atoms with E-state index >= 15 is 0 Å². The van der Waals surface area contributed by atoms with Gasteiger partial charge < -0.3 is 16.0 Å². The second-order valence-corrected chi connectivity index (χ2v) is 8.41. The van der Waals surface area contributed by atoms with E-state index in [9.17, 15) is 13.2 Å². The minimum absolute atomic E-state index is 0. The highest BCUT2D eigenvalue weighted by molar-refractivity contribution is 14.0. The molecule has 0 radical (unpaired) electrons. The molecule has 1 aromatic rings. The molecular weight excluding hydrogens is 463 g/mol. The van der Waals surface area contributed by atoms with Crippen LogP contribution in [0.3, 0.4) is 0 Å². The van der Waals surface area contributed by atoms with Gasteiger partial charge in [0.05, 0.1) is 11.5 Å². The van der Waals surface area contributed by atoms with Crippen molar-refractivity contribution in [1.29, 1.82) is 0 Å². The summed E-state index contributed by atoms with van der Waals surface area (Å²) in [5, 5.41) is 13.1. The Bertz CT molecular complexity index is 647. The molecule has 1 amide bonds. The molecular formula is C14H23IN4O3S2. The lowest BCUT2D eigenvalue weighted by Gasteiger charge is -2.13. The number of halogens is 1. The molecule has 136 valence electrons. The molecule has 0 aliphatic carbocycles. The van der Waals surface area contributed by atoms with E-state index in [0.717, 1.165) is 0 Å². The molecule has 7 nitrogen and oxygen atoms in total. The van der Waals surface area contributed by atoms with Crippen molar-refractivity contribution in [2.24, 2.45) is 4.99 Å². The van der Waals surface area contributed by atoms with E-state index in [1.807, 2.05) is 11.4 Å². The largest absolute Gasteiger partial charge is 0.356 e. The Kier molecular flexibility index (Phi) is 8.98. The molecule has 1 atom stereocenters. The number of amides is 1. The third kappa shape index (κ3) is 7.34. The summed E-state index contributed by atoms with van der Waals surface area (Å²) in [5.41, 5.74) is 1.18. The summed E-state index contributed by atoms with van der Waals surface area (Å²) in [6, 6.07) is 1.79. The summed E-state index contributed by atoms with van der Waals surface area (Å²) in [6.07, 6.45) is 0.779. The summed E-state index contributed by atoms with van der Waals surface area (Å²) in [7, 11) is -1.29. The molecule has 1 aromatic heterocycles. The first-order chi connectivity index (χ1) is 11.0. The van der Waals surface area contributed by atoms with Gasteiger partial charge in [-0.2, -0.15) is 11.3 Å². The first-order valence-corrected chi connectivity index (χ1v) is 10.2. The fraction of sp³-hybridized carbons (Fsp3) is 0.571. The second kappa shape index (κ2) is 10.2. The third-order valence-electron chi connectivity index (χ3n) is 3.51. The van der Waals surface area contributed by atoms with Gasteiger partial charge in [-0.3, -0.25) is 9.79 Å². The van der Waals surface area contributed by atoms with Crippen molar-refractivity contribution in [2.45, 2.75) is 25.4 Å². The Morgan fingerprint density at radius 3 is 2.79 bits per heavy atom. The molecule has 1 aliphatic heterocycles. The number of rotatable bonds is 6. The molecule has 3 N–H and O–H groups in total. The summed E-state index contributed by atoms with van der Waals surface area (Å²) >= 11 is 1.64. The van der Waals surface area contributed by atoms with Gasteiger partial charge in [-0.05, 0) is 28.8 Å². The van der Waals surface area contributed by atoms with Crippen LogP contribution >= 0.6 is 35.3 Å². The number of aliphatic imine (C=N–C) groups is 1. The van der Waals surface area contributed by atoms with Gasteiger partial charge in [0, 0.05) is 32.6 Å².